The molecule has 0 atom stereocenters. The predicted molar refractivity (Wildman–Crippen MR) is 106 cm³/mol. The Hall–Kier alpha value is -2.63. The third-order valence-corrected chi connectivity index (χ3v) is 4.94. The van der Waals surface area contributed by atoms with Crippen LogP contribution in [0.4, 0.5) is 5.69 Å². The van der Waals surface area contributed by atoms with Gasteiger partial charge >= 0.3 is 0 Å². The lowest BCUT2D eigenvalue weighted by atomic mass is 10.1. The maximum atomic E-state index is 12.2. The average Bonchev–Trinajstić information content (AvgIpc) is 3.15. The Morgan fingerprint density at radius 2 is 1.73 bits per heavy atom. The molecule has 2 N–H and O–H groups in total. The van der Waals surface area contributed by atoms with Crippen molar-refractivity contribution >= 4 is 40.4 Å². The van der Waals surface area contributed by atoms with Gasteiger partial charge in [-0.25, -0.2) is 0 Å². The number of carbonyl (C=O) groups is 2. The molecule has 1 aromatic heterocycles. The van der Waals surface area contributed by atoms with E-state index in [2.05, 4.69) is 10.6 Å². The van der Waals surface area contributed by atoms with Crippen LogP contribution in [0.5, 0.6) is 0 Å². The Bertz CT molecular complexity index is 892. The normalized spacial score (nSPS) is 10.3. The van der Waals surface area contributed by atoms with Gasteiger partial charge in [0.1, 0.15) is 0 Å². The highest BCUT2D eigenvalue weighted by Crippen LogP contribution is 2.17. The van der Waals surface area contributed by atoms with E-state index in [1.165, 1.54) is 0 Å². The summed E-state index contributed by atoms with van der Waals surface area (Å²) in [6, 6.07) is 18.0. The third kappa shape index (κ3) is 4.94. The Morgan fingerprint density at radius 1 is 0.962 bits per heavy atom. The van der Waals surface area contributed by atoms with Gasteiger partial charge in [-0.05, 0) is 41.3 Å². The molecule has 0 saturated carbocycles. The van der Waals surface area contributed by atoms with Crippen molar-refractivity contribution < 1.29 is 9.59 Å². The lowest BCUT2D eigenvalue weighted by molar-refractivity contribution is -0.120. The van der Waals surface area contributed by atoms with Crippen molar-refractivity contribution in [1.82, 2.24) is 5.32 Å². The van der Waals surface area contributed by atoms with Crippen molar-refractivity contribution in [3.8, 4) is 0 Å². The minimum absolute atomic E-state index is 0.0359. The topological polar surface area (TPSA) is 58.2 Å². The number of hydrogen-bond acceptors (Lipinski definition) is 3. The summed E-state index contributed by atoms with van der Waals surface area (Å²) in [4.78, 5) is 25.4. The number of thiophene rings is 1. The second-order valence-electron chi connectivity index (χ2n) is 5.66. The molecule has 6 heteroatoms. The van der Waals surface area contributed by atoms with E-state index in [1.807, 2.05) is 29.6 Å². The molecule has 1 heterocycles. The van der Waals surface area contributed by atoms with E-state index in [4.69, 9.17) is 11.6 Å². The van der Waals surface area contributed by atoms with Crippen LogP contribution in [0.1, 0.15) is 20.8 Å². The summed E-state index contributed by atoms with van der Waals surface area (Å²) in [6.45, 7) is 0.544. The summed E-state index contributed by atoms with van der Waals surface area (Å²) in [5.74, 6) is -0.303. The minimum atomic E-state index is -0.267. The maximum absolute atomic E-state index is 12.2. The standard InChI is InChI=1S/C20H17ClN2O2S/c21-18-6-2-1-5-17(18)20(25)23-15-9-7-14(8-10-15)12-19(24)22-13-16-4-3-11-26-16/h1-11H,12-13H2,(H,22,24)(H,23,25). The first-order valence-electron chi connectivity index (χ1n) is 8.06. The van der Waals surface area contributed by atoms with Crippen molar-refractivity contribution in [1.29, 1.82) is 0 Å². The van der Waals surface area contributed by atoms with Crippen molar-refractivity contribution in [2.45, 2.75) is 13.0 Å². The average molecular weight is 385 g/mol. The van der Waals surface area contributed by atoms with Gasteiger partial charge in [-0.3, -0.25) is 9.59 Å². The SMILES string of the molecule is O=C(Cc1ccc(NC(=O)c2ccccc2Cl)cc1)NCc1cccs1. The molecule has 4 nitrogen and oxygen atoms in total. The van der Waals surface area contributed by atoms with Crippen LogP contribution >= 0.6 is 22.9 Å². The summed E-state index contributed by atoms with van der Waals surface area (Å²) < 4.78 is 0. The fourth-order valence-electron chi connectivity index (χ4n) is 2.40. The van der Waals surface area contributed by atoms with Crippen LogP contribution in [0.2, 0.25) is 5.02 Å². The van der Waals surface area contributed by atoms with E-state index in [9.17, 15) is 9.59 Å². The zero-order valence-electron chi connectivity index (χ0n) is 13.9. The van der Waals surface area contributed by atoms with Gasteiger partial charge < -0.3 is 10.6 Å². The summed E-state index contributed by atoms with van der Waals surface area (Å²) in [5.41, 5.74) is 1.95. The molecule has 0 aliphatic rings. The molecule has 0 spiro atoms. The van der Waals surface area contributed by atoms with E-state index >= 15 is 0 Å². The molecule has 0 bridgehead atoms. The quantitative estimate of drug-likeness (QED) is 0.656. The number of carbonyl (C=O) groups excluding carboxylic acids is 2. The fourth-order valence-corrected chi connectivity index (χ4v) is 3.26. The van der Waals surface area contributed by atoms with Gasteiger partial charge in [0.25, 0.3) is 5.91 Å². The zero-order chi connectivity index (χ0) is 18.4. The first-order chi connectivity index (χ1) is 12.6. The second-order valence-corrected chi connectivity index (χ2v) is 7.10. The second kappa shape index (κ2) is 8.65. The van der Waals surface area contributed by atoms with E-state index in [1.54, 1.807) is 47.7 Å². The molecular weight excluding hydrogens is 368 g/mol. The van der Waals surface area contributed by atoms with Gasteiger partial charge in [0, 0.05) is 10.6 Å². The largest absolute Gasteiger partial charge is 0.351 e. The Morgan fingerprint density at radius 3 is 2.42 bits per heavy atom. The van der Waals surface area contributed by atoms with Crippen LogP contribution in [0.3, 0.4) is 0 Å². The number of hydrogen-bond donors (Lipinski definition) is 2. The molecule has 0 aliphatic carbocycles. The molecular formula is C20H17ClN2O2S. The van der Waals surface area contributed by atoms with E-state index in [0.717, 1.165) is 10.4 Å². The summed E-state index contributed by atoms with van der Waals surface area (Å²) >= 11 is 7.64. The van der Waals surface area contributed by atoms with Gasteiger partial charge in [0.2, 0.25) is 5.91 Å². The number of nitrogens with one attached hydrogen (secondary N) is 2. The van der Waals surface area contributed by atoms with Gasteiger partial charge in [0.15, 0.2) is 0 Å². The minimum Gasteiger partial charge on any atom is -0.351 e. The van der Waals surface area contributed by atoms with Crippen molar-refractivity contribution in [3.63, 3.8) is 0 Å². The summed E-state index contributed by atoms with van der Waals surface area (Å²) in [7, 11) is 0. The van der Waals surface area contributed by atoms with E-state index in [-0.39, 0.29) is 11.8 Å². The molecule has 2 amide bonds. The number of benzene rings is 2. The summed E-state index contributed by atoms with van der Waals surface area (Å²) in [6.07, 6.45) is 0.296. The molecule has 0 aliphatic heterocycles. The highest BCUT2D eigenvalue weighted by atomic mass is 35.5. The molecule has 3 aromatic rings. The van der Waals surface area contributed by atoms with Crippen LogP contribution in [-0.4, -0.2) is 11.8 Å². The van der Waals surface area contributed by atoms with Crippen LogP contribution in [0, 0.1) is 0 Å². The van der Waals surface area contributed by atoms with E-state index < -0.39 is 0 Å². The molecule has 0 saturated heterocycles. The molecule has 0 radical (unpaired) electrons. The molecule has 0 unspecified atom stereocenters. The van der Waals surface area contributed by atoms with Crippen LogP contribution in [0.25, 0.3) is 0 Å². The van der Waals surface area contributed by atoms with Gasteiger partial charge in [-0.1, -0.05) is 41.9 Å². The number of anilines is 1. The molecule has 0 fully saturated rings. The van der Waals surface area contributed by atoms with Crippen LogP contribution in [0.15, 0.2) is 66.0 Å². The Labute approximate surface area is 160 Å². The maximum Gasteiger partial charge on any atom is 0.257 e. The van der Waals surface area contributed by atoms with Crippen molar-refractivity contribution in [2.75, 3.05) is 5.32 Å². The monoisotopic (exact) mass is 384 g/mol. The third-order valence-electron chi connectivity index (χ3n) is 3.73. The lowest BCUT2D eigenvalue weighted by Gasteiger charge is -2.08. The van der Waals surface area contributed by atoms with E-state index in [0.29, 0.717) is 29.2 Å². The Balaban J connectivity index is 1.54. The molecule has 26 heavy (non-hydrogen) atoms. The first kappa shape index (κ1) is 18.2. The first-order valence-corrected chi connectivity index (χ1v) is 9.31. The molecule has 132 valence electrons. The zero-order valence-corrected chi connectivity index (χ0v) is 15.4. The van der Waals surface area contributed by atoms with Crippen molar-refractivity contribution in [2.24, 2.45) is 0 Å². The van der Waals surface area contributed by atoms with Crippen LogP contribution in [-0.2, 0) is 17.8 Å². The molecule has 2 aromatic carbocycles. The Kier molecular flexibility index (Phi) is 6.04. The highest BCUT2D eigenvalue weighted by Gasteiger charge is 2.10. The van der Waals surface area contributed by atoms with Gasteiger partial charge in [-0.2, -0.15) is 0 Å². The summed E-state index contributed by atoms with van der Waals surface area (Å²) in [5, 5.41) is 8.09. The number of amides is 2. The smallest absolute Gasteiger partial charge is 0.257 e. The van der Waals surface area contributed by atoms with Gasteiger partial charge in [-0.15, -0.1) is 11.3 Å². The lowest BCUT2D eigenvalue weighted by Crippen LogP contribution is -2.24. The van der Waals surface area contributed by atoms with Crippen LogP contribution < -0.4 is 10.6 Å². The van der Waals surface area contributed by atoms with Gasteiger partial charge in [0.05, 0.1) is 23.6 Å². The predicted octanol–water partition coefficient (Wildman–Crippen LogP) is 4.51. The highest BCUT2D eigenvalue weighted by molar-refractivity contribution is 7.09. The molecule has 3 rings (SSSR count). The number of rotatable bonds is 6. The fraction of sp³-hybridized carbons (Fsp3) is 0.100. The number of halogens is 1. The van der Waals surface area contributed by atoms with Crippen molar-refractivity contribution in [3.05, 3.63) is 87.1 Å².